The predicted molar refractivity (Wildman–Crippen MR) is 80.9 cm³/mol. The Morgan fingerprint density at radius 1 is 1.25 bits per heavy atom. The van der Waals surface area contributed by atoms with Crippen molar-refractivity contribution in [2.24, 2.45) is 5.92 Å². The van der Waals surface area contributed by atoms with Gasteiger partial charge in [0, 0.05) is 12.6 Å². The summed E-state index contributed by atoms with van der Waals surface area (Å²) in [6.07, 6.45) is 6.29. The molecule has 2 rings (SSSR count). The summed E-state index contributed by atoms with van der Waals surface area (Å²) in [6, 6.07) is 9.99. The fraction of sp³-hybridized carbons (Fsp3) is 0.588. The van der Waals surface area contributed by atoms with Gasteiger partial charge in [0.2, 0.25) is 0 Å². The highest BCUT2D eigenvalue weighted by atomic mass is 16.4. The van der Waals surface area contributed by atoms with Crippen molar-refractivity contribution in [2.75, 3.05) is 6.54 Å². The van der Waals surface area contributed by atoms with E-state index in [1.54, 1.807) is 0 Å². The van der Waals surface area contributed by atoms with E-state index in [0.29, 0.717) is 18.5 Å². The lowest BCUT2D eigenvalue weighted by Crippen LogP contribution is -2.38. The first-order valence-electron chi connectivity index (χ1n) is 7.69. The fourth-order valence-corrected chi connectivity index (χ4v) is 3.10. The molecule has 3 atom stereocenters. The van der Waals surface area contributed by atoms with Gasteiger partial charge in [-0.1, -0.05) is 56.5 Å². The van der Waals surface area contributed by atoms with Gasteiger partial charge in [0.05, 0.1) is 5.92 Å². The predicted octanol–water partition coefficient (Wildman–Crippen LogP) is 3.41. The lowest BCUT2D eigenvalue weighted by molar-refractivity contribution is -0.138. The van der Waals surface area contributed by atoms with Crippen molar-refractivity contribution in [3.05, 3.63) is 35.9 Å². The maximum absolute atomic E-state index is 11.5. The molecular formula is C17H25NO2. The zero-order valence-corrected chi connectivity index (χ0v) is 12.2. The second kappa shape index (κ2) is 7.44. The fourth-order valence-electron chi connectivity index (χ4n) is 3.10. The summed E-state index contributed by atoms with van der Waals surface area (Å²) in [5.41, 5.74) is 0.883. The average molecular weight is 275 g/mol. The molecule has 0 spiro atoms. The molecule has 0 heterocycles. The van der Waals surface area contributed by atoms with Crippen LogP contribution in [-0.4, -0.2) is 23.7 Å². The molecule has 1 saturated carbocycles. The summed E-state index contributed by atoms with van der Waals surface area (Å²) in [6.45, 7) is 2.80. The van der Waals surface area contributed by atoms with Crippen LogP contribution in [0.3, 0.4) is 0 Å². The second-order valence-corrected chi connectivity index (χ2v) is 5.93. The van der Waals surface area contributed by atoms with Crippen molar-refractivity contribution >= 4 is 5.97 Å². The molecule has 110 valence electrons. The number of benzene rings is 1. The minimum Gasteiger partial charge on any atom is -0.481 e. The van der Waals surface area contributed by atoms with Gasteiger partial charge in [0.15, 0.2) is 0 Å². The van der Waals surface area contributed by atoms with Crippen LogP contribution < -0.4 is 5.32 Å². The van der Waals surface area contributed by atoms with Crippen molar-refractivity contribution in [2.45, 2.75) is 51.0 Å². The maximum Gasteiger partial charge on any atom is 0.312 e. The van der Waals surface area contributed by atoms with Gasteiger partial charge >= 0.3 is 5.97 Å². The van der Waals surface area contributed by atoms with Gasteiger partial charge < -0.3 is 10.4 Å². The van der Waals surface area contributed by atoms with Crippen molar-refractivity contribution < 1.29 is 9.90 Å². The van der Waals surface area contributed by atoms with Gasteiger partial charge in [0.25, 0.3) is 0 Å². The van der Waals surface area contributed by atoms with Crippen LogP contribution in [0.25, 0.3) is 0 Å². The molecule has 3 nitrogen and oxygen atoms in total. The normalized spacial score (nSPS) is 24.9. The smallest absolute Gasteiger partial charge is 0.312 e. The van der Waals surface area contributed by atoms with Crippen LogP contribution in [-0.2, 0) is 4.79 Å². The van der Waals surface area contributed by atoms with E-state index in [1.807, 2.05) is 30.3 Å². The number of hydrogen-bond donors (Lipinski definition) is 2. The quantitative estimate of drug-likeness (QED) is 0.810. The van der Waals surface area contributed by atoms with E-state index in [4.69, 9.17) is 0 Å². The van der Waals surface area contributed by atoms with Gasteiger partial charge in [-0.15, -0.1) is 0 Å². The number of hydrogen-bond acceptors (Lipinski definition) is 2. The molecule has 3 heteroatoms. The largest absolute Gasteiger partial charge is 0.481 e. The molecule has 0 radical (unpaired) electrons. The first-order valence-corrected chi connectivity index (χ1v) is 7.69. The Bertz CT molecular complexity index is 418. The molecular weight excluding hydrogens is 250 g/mol. The number of nitrogens with one attached hydrogen (secondary N) is 1. The zero-order valence-electron chi connectivity index (χ0n) is 12.2. The van der Waals surface area contributed by atoms with Gasteiger partial charge in [-0.2, -0.15) is 0 Å². The third-order valence-electron chi connectivity index (χ3n) is 4.45. The van der Waals surface area contributed by atoms with E-state index in [1.165, 1.54) is 32.1 Å². The third-order valence-corrected chi connectivity index (χ3v) is 4.45. The number of carboxylic acids is 1. The summed E-state index contributed by atoms with van der Waals surface area (Å²) in [5.74, 6) is -0.556. The van der Waals surface area contributed by atoms with Gasteiger partial charge in [-0.3, -0.25) is 4.79 Å². The second-order valence-electron chi connectivity index (χ2n) is 5.93. The van der Waals surface area contributed by atoms with E-state index in [0.717, 1.165) is 5.56 Å². The van der Waals surface area contributed by atoms with Crippen LogP contribution in [0.5, 0.6) is 0 Å². The Labute approximate surface area is 121 Å². The molecule has 0 amide bonds. The first-order chi connectivity index (χ1) is 9.68. The van der Waals surface area contributed by atoms with Gasteiger partial charge in [0.1, 0.15) is 0 Å². The lowest BCUT2D eigenvalue weighted by atomic mass is 9.94. The molecule has 0 saturated heterocycles. The van der Waals surface area contributed by atoms with E-state index in [-0.39, 0.29) is 0 Å². The minimum absolute atomic E-state index is 0.452. The topological polar surface area (TPSA) is 49.3 Å². The highest BCUT2D eigenvalue weighted by molar-refractivity contribution is 5.76. The molecule has 0 aromatic heterocycles. The Balaban J connectivity index is 1.97. The number of rotatable bonds is 5. The first kappa shape index (κ1) is 15.0. The minimum atomic E-state index is -0.745. The van der Waals surface area contributed by atoms with Crippen LogP contribution in [0.2, 0.25) is 0 Å². The summed E-state index contributed by atoms with van der Waals surface area (Å²) < 4.78 is 0. The van der Waals surface area contributed by atoms with E-state index < -0.39 is 11.9 Å². The molecule has 20 heavy (non-hydrogen) atoms. The van der Waals surface area contributed by atoms with Crippen molar-refractivity contribution in [3.63, 3.8) is 0 Å². The van der Waals surface area contributed by atoms with Crippen LogP contribution in [0.15, 0.2) is 30.3 Å². The number of carboxylic acid groups (broad SMARTS) is 1. The number of aliphatic carboxylic acids is 1. The highest BCUT2D eigenvalue weighted by Crippen LogP contribution is 2.24. The van der Waals surface area contributed by atoms with E-state index in [9.17, 15) is 9.90 Å². The standard InChI is InChI=1S/C17H25NO2/c1-13-8-4-2-7-11-16(13)18-12-15(17(19)20)14-9-5-3-6-10-14/h3,5-6,9-10,13,15-16,18H,2,4,7-8,11-12H2,1H3,(H,19,20). The van der Waals surface area contributed by atoms with Crippen molar-refractivity contribution in [1.29, 1.82) is 0 Å². The third kappa shape index (κ3) is 4.07. The van der Waals surface area contributed by atoms with E-state index in [2.05, 4.69) is 12.2 Å². The summed E-state index contributed by atoms with van der Waals surface area (Å²) in [4.78, 5) is 11.5. The van der Waals surface area contributed by atoms with Crippen LogP contribution >= 0.6 is 0 Å². The monoisotopic (exact) mass is 275 g/mol. The molecule has 0 aliphatic heterocycles. The van der Waals surface area contributed by atoms with Gasteiger partial charge in [-0.05, 0) is 24.3 Å². The molecule has 0 bridgehead atoms. The molecule has 1 aromatic carbocycles. The lowest BCUT2D eigenvalue weighted by Gasteiger charge is -2.25. The molecule has 1 aliphatic carbocycles. The highest BCUT2D eigenvalue weighted by Gasteiger charge is 2.24. The molecule has 1 fully saturated rings. The van der Waals surface area contributed by atoms with E-state index >= 15 is 0 Å². The summed E-state index contributed by atoms with van der Waals surface area (Å²) >= 11 is 0. The van der Waals surface area contributed by atoms with Crippen LogP contribution in [0.4, 0.5) is 0 Å². The average Bonchev–Trinajstić information content (AvgIpc) is 2.65. The Hall–Kier alpha value is -1.35. The molecule has 2 N–H and O–H groups in total. The molecule has 1 aliphatic rings. The Kier molecular flexibility index (Phi) is 5.60. The van der Waals surface area contributed by atoms with Crippen LogP contribution in [0.1, 0.15) is 50.5 Å². The summed E-state index contributed by atoms with van der Waals surface area (Å²) in [5, 5.41) is 12.9. The SMILES string of the molecule is CC1CCCCCC1NCC(C(=O)O)c1ccccc1. The molecule has 3 unspecified atom stereocenters. The van der Waals surface area contributed by atoms with Crippen molar-refractivity contribution in [3.8, 4) is 0 Å². The van der Waals surface area contributed by atoms with Gasteiger partial charge in [-0.25, -0.2) is 0 Å². The molecule has 1 aromatic rings. The maximum atomic E-state index is 11.5. The van der Waals surface area contributed by atoms with Crippen LogP contribution in [0, 0.1) is 5.92 Å². The van der Waals surface area contributed by atoms with Crippen molar-refractivity contribution in [1.82, 2.24) is 5.32 Å². The number of carbonyl (C=O) groups is 1. The zero-order chi connectivity index (χ0) is 14.4. The Morgan fingerprint density at radius 3 is 2.65 bits per heavy atom. The summed E-state index contributed by atoms with van der Waals surface area (Å²) in [7, 11) is 0. The Morgan fingerprint density at radius 2 is 1.95 bits per heavy atom.